The maximum atomic E-state index is 10.6. The molecule has 1 N–H and O–H groups in total. The number of para-hydroxylation sites is 1. The van der Waals surface area contributed by atoms with E-state index in [4.69, 9.17) is 5.11 Å². The minimum absolute atomic E-state index is 0.120. The molecule has 0 spiro atoms. The molecule has 86 valence electrons. The highest BCUT2D eigenvalue weighted by atomic mass is 79.9. The topological polar surface area (TPSA) is 40.5 Å². The second-order valence-corrected chi connectivity index (χ2v) is 4.54. The van der Waals surface area contributed by atoms with Crippen LogP contribution in [0.15, 0.2) is 41.4 Å². The van der Waals surface area contributed by atoms with Crippen molar-refractivity contribution in [2.75, 3.05) is 18.0 Å². The van der Waals surface area contributed by atoms with Crippen molar-refractivity contribution in [3.63, 3.8) is 0 Å². The quantitative estimate of drug-likeness (QED) is 0.873. The number of carboxylic acid groups (broad SMARTS) is 1. The van der Waals surface area contributed by atoms with Crippen molar-refractivity contribution in [1.29, 1.82) is 0 Å². The molecule has 0 heterocycles. The van der Waals surface area contributed by atoms with Crippen molar-refractivity contribution in [2.24, 2.45) is 0 Å². The van der Waals surface area contributed by atoms with Crippen LogP contribution in [0.25, 0.3) is 0 Å². The van der Waals surface area contributed by atoms with E-state index >= 15 is 0 Å². The van der Waals surface area contributed by atoms with E-state index in [1.165, 1.54) is 0 Å². The number of aliphatic carboxylic acids is 1. The molecule has 0 aliphatic rings. The highest BCUT2D eigenvalue weighted by molar-refractivity contribution is 9.11. The van der Waals surface area contributed by atoms with E-state index < -0.39 is 5.97 Å². The van der Waals surface area contributed by atoms with Gasteiger partial charge in [0.15, 0.2) is 0 Å². The molecule has 0 bridgehead atoms. The van der Waals surface area contributed by atoms with Crippen molar-refractivity contribution < 1.29 is 9.90 Å². The van der Waals surface area contributed by atoms with E-state index in [1.54, 1.807) is 0 Å². The number of carboxylic acids is 1. The Balaban J connectivity index is 2.71. The first-order valence-electron chi connectivity index (χ1n) is 4.94. The minimum atomic E-state index is -0.791. The molecule has 0 aliphatic carbocycles. The number of rotatable bonds is 6. The van der Waals surface area contributed by atoms with Gasteiger partial charge >= 0.3 is 5.97 Å². The van der Waals surface area contributed by atoms with Gasteiger partial charge in [0, 0.05) is 23.3 Å². The average Bonchev–Trinajstić information content (AvgIpc) is 2.25. The first kappa shape index (κ1) is 12.8. The third-order valence-corrected chi connectivity index (χ3v) is 2.33. The monoisotopic (exact) mass is 283 g/mol. The molecule has 0 aliphatic heterocycles. The summed E-state index contributed by atoms with van der Waals surface area (Å²) in [6.45, 7) is 4.86. The molecule has 0 unspecified atom stereocenters. The Labute approximate surface area is 104 Å². The molecule has 0 aromatic heterocycles. The average molecular weight is 284 g/mol. The number of benzene rings is 1. The number of anilines is 1. The lowest BCUT2D eigenvalue weighted by molar-refractivity contribution is -0.136. The molecule has 1 aromatic rings. The van der Waals surface area contributed by atoms with Gasteiger partial charge in [-0.15, -0.1) is 0 Å². The maximum Gasteiger partial charge on any atom is 0.305 e. The van der Waals surface area contributed by atoms with Crippen molar-refractivity contribution in [2.45, 2.75) is 6.42 Å². The predicted octanol–water partition coefficient (Wildman–Crippen LogP) is 2.88. The van der Waals surface area contributed by atoms with Crippen LogP contribution in [0.1, 0.15) is 6.42 Å². The molecule has 0 saturated carbocycles. The Hall–Kier alpha value is -1.29. The van der Waals surface area contributed by atoms with Crippen molar-refractivity contribution in [3.05, 3.63) is 41.4 Å². The fourth-order valence-electron chi connectivity index (χ4n) is 1.38. The van der Waals surface area contributed by atoms with Crippen LogP contribution in [-0.2, 0) is 4.79 Å². The fourth-order valence-corrected chi connectivity index (χ4v) is 1.68. The van der Waals surface area contributed by atoms with E-state index in [0.29, 0.717) is 13.1 Å². The van der Waals surface area contributed by atoms with Gasteiger partial charge in [0.05, 0.1) is 6.42 Å². The third kappa shape index (κ3) is 4.49. The second-order valence-electron chi connectivity index (χ2n) is 3.42. The van der Waals surface area contributed by atoms with Crippen LogP contribution in [0.2, 0.25) is 0 Å². The molecule has 3 nitrogen and oxygen atoms in total. The SMILES string of the molecule is C=C(Br)CN(CCC(=O)O)c1ccccc1. The van der Waals surface area contributed by atoms with Crippen LogP contribution in [0.4, 0.5) is 5.69 Å². The summed E-state index contributed by atoms with van der Waals surface area (Å²) in [5, 5.41) is 8.68. The number of carbonyl (C=O) groups is 1. The first-order chi connectivity index (χ1) is 7.59. The fraction of sp³-hybridized carbons (Fsp3) is 0.250. The highest BCUT2D eigenvalue weighted by Crippen LogP contribution is 2.16. The van der Waals surface area contributed by atoms with Crippen LogP contribution in [0, 0.1) is 0 Å². The largest absolute Gasteiger partial charge is 0.481 e. The maximum absolute atomic E-state index is 10.6. The van der Waals surface area contributed by atoms with Crippen LogP contribution < -0.4 is 4.90 Å². The Bertz CT molecular complexity index is 365. The Morgan fingerprint density at radius 1 is 1.38 bits per heavy atom. The zero-order valence-electron chi connectivity index (χ0n) is 8.90. The molecule has 0 saturated heterocycles. The van der Waals surface area contributed by atoms with Gasteiger partial charge in [0.1, 0.15) is 0 Å². The van der Waals surface area contributed by atoms with E-state index in [0.717, 1.165) is 10.2 Å². The number of hydrogen-bond acceptors (Lipinski definition) is 2. The summed E-state index contributed by atoms with van der Waals surface area (Å²) in [6.07, 6.45) is 0.120. The van der Waals surface area contributed by atoms with Gasteiger partial charge in [-0.3, -0.25) is 4.79 Å². The molecule has 1 aromatic carbocycles. The summed E-state index contributed by atoms with van der Waals surface area (Å²) in [4.78, 5) is 12.5. The van der Waals surface area contributed by atoms with Gasteiger partial charge < -0.3 is 10.0 Å². The Morgan fingerprint density at radius 3 is 2.50 bits per heavy atom. The van der Waals surface area contributed by atoms with E-state index in [1.807, 2.05) is 35.2 Å². The molecule has 0 atom stereocenters. The van der Waals surface area contributed by atoms with E-state index in [2.05, 4.69) is 22.5 Å². The second kappa shape index (κ2) is 6.33. The summed E-state index contributed by atoms with van der Waals surface area (Å²) in [6, 6.07) is 9.71. The van der Waals surface area contributed by atoms with Crippen molar-refractivity contribution >= 4 is 27.6 Å². The first-order valence-corrected chi connectivity index (χ1v) is 5.74. The Morgan fingerprint density at radius 2 is 2.00 bits per heavy atom. The summed E-state index contributed by atoms with van der Waals surface area (Å²) >= 11 is 3.30. The van der Waals surface area contributed by atoms with Gasteiger partial charge in [0.25, 0.3) is 0 Å². The standard InChI is InChI=1S/C12H14BrNO2/c1-10(13)9-14(8-7-12(15)16)11-5-3-2-4-6-11/h2-6H,1,7-9H2,(H,15,16). The molecule has 1 rings (SSSR count). The normalized spacial score (nSPS) is 9.81. The molecule has 0 amide bonds. The van der Waals surface area contributed by atoms with Gasteiger partial charge in [0.2, 0.25) is 0 Å². The molecule has 16 heavy (non-hydrogen) atoms. The van der Waals surface area contributed by atoms with Gasteiger partial charge in [-0.25, -0.2) is 0 Å². The molecule has 0 fully saturated rings. The van der Waals surface area contributed by atoms with Crippen LogP contribution in [-0.4, -0.2) is 24.2 Å². The lowest BCUT2D eigenvalue weighted by atomic mass is 10.2. The molecule has 4 heteroatoms. The van der Waals surface area contributed by atoms with Crippen LogP contribution in [0.5, 0.6) is 0 Å². The molecular weight excluding hydrogens is 270 g/mol. The van der Waals surface area contributed by atoms with Crippen molar-refractivity contribution in [1.82, 2.24) is 0 Å². The van der Waals surface area contributed by atoms with Gasteiger partial charge in [-0.05, 0) is 12.1 Å². The summed E-state index contributed by atoms with van der Waals surface area (Å²) in [7, 11) is 0. The highest BCUT2D eigenvalue weighted by Gasteiger charge is 2.08. The van der Waals surface area contributed by atoms with Gasteiger partial charge in [-0.2, -0.15) is 0 Å². The summed E-state index contributed by atoms with van der Waals surface area (Å²) < 4.78 is 0.835. The number of nitrogens with zero attached hydrogens (tertiary/aromatic N) is 1. The Kier molecular flexibility index (Phi) is 5.05. The zero-order chi connectivity index (χ0) is 12.0. The van der Waals surface area contributed by atoms with E-state index in [9.17, 15) is 4.79 Å². The summed E-state index contributed by atoms with van der Waals surface area (Å²) in [5.41, 5.74) is 1.00. The smallest absolute Gasteiger partial charge is 0.305 e. The van der Waals surface area contributed by atoms with Crippen molar-refractivity contribution in [3.8, 4) is 0 Å². The van der Waals surface area contributed by atoms with Crippen LogP contribution >= 0.6 is 15.9 Å². The summed E-state index contributed by atoms with van der Waals surface area (Å²) in [5.74, 6) is -0.791. The number of hydrogen-bond donors (Lipinski definition) is 1. The van der Waals surface area contributed by atoms with E-state index in [-0.39, 0.29) is 6.42 Å². The number of halogens is 1. The van der Waals surface area contributed by atoms with Gasteiger partial charge in [-0.1, -0.05) is 40.7 Å². The molecular formula is C12H14BrNO2. The minimum Gasteiger partial charge on any atom is -0.481 e. The lowest BCUT2D eigenvalue weighted by Gasteiger charge is -2.23. The third-order valence-electron chi connectivity index (χ3n) is 2.08. The van der Waals surface area contributed by atoms with Crippen LogP contribution in [0.3, 0.4) is 0 Å². The predicted molar refractivity (Wildman–Crippen MR) is 69.0 cm³/mol. The zero-order valence-corrected chi connectivity index (χ0v) is 10.5. The lowest BCUT2D eigenvalue weighted by Crippen LogP contribution is -2.27. The molecule has 0 radical (unpaired) electrons.